The molecular formula is C19H27N5O3S. The van der Waals surface area contributed by atoms with Crippen molar-refractivity contribution in [1.29, 1.82) is 0 Å². The first-order valence-electron chi connectivity index (χ1n) is 9.71. The van der Waals surface area contributed by atoms with Crippen molar-refractivity contribution in [3.8, 4) is 11.4 Å². The fourth-order valence-corrected chi connectivity index (χ4v) is 5.23. The minimum Gasteiger partial charge on any atom is -0.334 e. The van der Waals surface area contributed by atoms with Gasteiger partial charge in [0.15, 0.2) is 9.84 Å². The van der Waals surface area contributed by atoms with Gasteiger partial charge in [-0.2, -0.15) is 4.80 Å². The van der Waals surface area contributed by atoms with Crippen molar-refractivity contribution in [2.24, 2.45) is 0 Å². The molecule has 2 heterocycles. The largest absolute Gasteiger partial charge is 0.334 e. The van der Waals surface area contributed by atoms with E-state index in [0.29, 0.717) is 12.2 Å². The number of hydrogen-bond donors (Lipinski definition) is 0. The molecule has 2 aromatic rings. The zero-order valence-electron chi connectivity index (χ0n) is 16.6. The first kappa shape index (κ1) is 20.4. The number of rotatable bonds is 7. The third kappa shape index (κ3) is 4.57. The Bertz CT molecular complexity index is 923. The predicted octanol–water partition coefficient (Wildman–Crippen LogP) is 1.72. The van der Waals surface area contributed by atoms with Gasteiger partial charge in [0.05, 0.1) is 11.5 Å². The molecule has 1 aromatic carbocycles. The maximum Gasteiger partial charge on any atom is 0.246 e. The monoisotopic (exact) mass is 405 g/mol. The van der Waals surface area contributed by atoms with Gasteiger partial charge >= 0.3 is 0 Å². The van der Waals surface area contributed by atoms with Crippen molar-refractivity contribution < 1.29 is 13.2 Å². The van der Waals surface area contributed by atoms with Gasteiger partial charge in [-0.25, -0.2) is 8.42 Å². The van der Waals surface area contributed by atoms with Gasteiger partial charge in [0, 0.05) is 17.6 Å². The lowest BCUT2D eigenvalue weighted by Gasteiger charge is -2.33. The highest BCUT2D eigenvalue weighted by Crippen LogP contribution is 2.22. The normalized spacial score (nSPS) is 19.5. The molecule has 1 fully saturated rings. The maximum atomic E-state index is 12.9. The van der Waals surface area contributed by atoms with Crippen molar-refractivity contribution in [3.05, 3.63) is 29.8 Å². The summed E-state index contributed by atoms with van der Waals surface area (Å²) in [6, 6.07) is 7.60. The summed E-state index contributed by atoms with van der Waals surface area (Å²) in [5.41, 5.74) is 2.07. The fraction of sp³-hybridized carbons (Fsp3) is 0.579. The van der Waals surface area contributed by atoms with Crippen molar-refractivity contribution in [2.75, 3.05) is 11.5 Å². The van der Waals surface area contributed by atoms with Crippen LogP contribution in [0, 0.1) is 0 Å². The van der Waals surface area contributed by atoms with Crippen molar-refractivity contribution in [2.45, 2.75) is 58.7 Å². The number of aryl methyl sites for hydroxylation is 1. The molecule has 1 aromatic heterocycles. The van der Waals surface area contributed by atoms with E-state index in [1.54, 1.807) is 4.90 Å². The Morgan fingerprint density at radius 3 is 2.57 bits per heavy atom. The number of carbonyl (C=O) groups is 1. The summed E-state index contributed by atoms with van der Waals surface area (Å²) in [5.74, 6) is 0.455. The lowest BCUT2D eigenvalue weighted by Crippen LogP contribution is -2.48. The van der Waals surface area contributed by atoms with E-state index in [0.717, 1.165) is 18.4 Å². The van der Waals surface area contributed by atoms with Crippen LogP contribution in [0.1, 0.15) is 39.2 Å². The molecule has 0 saturated carbocycles. The number of sulfone groups is 1. The molecule has 0 radical (unpaired) electrons. The summed E-state index contributed by atoms with van der Waals surface area (Å²) in [4.78, 5) is 15.9. The highest BCUT2D eigenvalue weighted by molar-refractivity contribution is 7.91. The third-order valence-electron chi connectivity index (χ3n) is 5.31. The average molecular weight is 406 g/mol. The molecule has 3 rings (SSSR count). The Balaban J connectivity index is 1.74. The molecule has 1 saturated heterocycles. The summed E-state index contributed by atoms with van der Waals surface area (Å²) < 4.78 is 23.7. The number of aromatic nitrogens is 4. The second kappa shape index (κ2) is 8.38. The Morgan fingerprint density at radius 2 is 2.00 bits per heavy atom. The van der Waals surface area contributed by atoms with Gasteiger partial charge in [-0.3, -0.25) is 4.79 Å². The second-order valence-electron chi connectivity index (χ2n) is 7.31. The first-order valence-corrected chi connectivity index (χ1v) is 11.5. The molecule has 0 bridgehead atoms. The van der Waals surface area contributed by atoms with Crippen LogP contribution < -0.4 is 0 Å². The Morgan fingerprint density at radius 1 is 1.29 bits per heavy atom. The van der Waals surface area contributed by atoms with Crippen LogP contribution in [-0.4, -0.2) is 63.0 Å². The Labute approximate surface area is 165 Å². The van der Waals surface area contributed by atoms with Crippen molar-refractivity contribution in [1.82, 2.24) is 25.1 Å². The molecule has 9 heteroatoms. The van der Waals surface area contributed by atoms with Crippen LogP contribution in [0.5, 0.6) is 0 Å². The minimum absolute atomic E-state index is 0.0306. The van der Waals surface area contributed by atoms with E-state index in [4.69, 9.17) is 0 Å². The molecule has 1 aliphatic rings. The van der Waals surface area contributed by atoms with E-state index in [1.165, 1.54) is 10.4 Å². The van der Waals surface area contributed by atoms with Crippen molar-refractivity contribution >= 4 is 15.7 Å². The van der Waals surface area contributed by atoms with Crippen LogP contribution in [0.2, 0.25) is 0 Å². The van der Waals surface area contributed by atoms with Gasteiger partial charge in [0.2, 0.25) is 11.7 Å². The molecule has 2 atom stereocenters. The first-order chi connectivity index (χ1) is 13.3. The minimum atomic E-state index is -3.07. The van der Waals surface area contributed by atoms with Gasteiger partial charge in [0.25, 0.3) is 0 Å². The second-order valence-corrected chi connectivity index (χ2v) is 9.54. The molecule has 0 aliphatic carbocycles. The summed E-state index contributed by atoms with van der Waals surface area (Å²) in [5, 5.41) is 12.4. The summed E-state index contributed by atoms with van der Waals surface area (Å²) in [6.45, 7) is 5.97. The van der Waals surface area contributed by atoms with Gasteiger partial charge in [0.1, 0.15) is 6.54 Å². The molecular weight excluding hydrogens is 378 g/mol. The molecule has 0 unspecified atom stereocenters. The summed E-state index contributed by atoms with van der Waals surface area (Å²) in [7, 11) is -3.07. The smallest absolute Gasteiger partial charge is 0.246 e. The Kier molecular flexibility index (Phi) is 6.12. The van der Waals surface area contributed by atoms with E-state index in [2.05, 4.69) is 22.3 Å². The number of tetrazole rings is 1. The van der Waals surface area contributed by atoms with E-state index in [9.17, 15) is 13.2 Å². The third-order valence-corrected chi connectivity index (χ3v) is 7.06. The summed E-state index contributed by atoms with van der Waals surface area (Å²) >= 11 is 0. The lowest BCUT2D eigenvalue weighted by atomic mass is 10.1. The SMILES string of the molecule is CCc1ccc(-c2nnn(CC(=O)N([C@@H]3CCS(=O)(=O)C3)[C@H](C)CC)n2)cc1. The number of benzene rings is 1. The van der Waals surface area contributed by atoms with Crippen LogP contribution >= 0.6 is 0 Å². The molecule has 28 heavy (non-hydrogen) atoms. The quantitative estimate of drug-likeness (QED) is 0.696. The molecule has 8 nitrogen and oxygen atoms in total. The van der Waals surface area contributed by atoms with Gasteiger partial charge in [-0.05, 0) is 37.0 Å². The van der Waals surface area contributed by atoms with Crippen molar-refractivity contribution in [3.63, 3.8) is 0 Å². The van der Waals surface area contributed by atoms with Crippen LogP contribution in [0.4, 0.5) is 0 Å². The van der Waals surface area contributed by atoms with Crippen LogP contribution in [0.15, 0.2) is 24.3 Å². The maximum absolute atomic E-state index is 12.9. The van der Waals surface area contributed by atoms with Gasteiger partial charge < -0.3 is 4.90 Å². The average Bonchev–Trinajstić information content (AvgIpc) is 3.28. The highest BCUT2D eigenvalue weighted by Gasteiger charge is 2.36. The fourth-order valence-electron chi connectivity index (χ4n) is 3.52. The zero-order chi connectivity index (χ0) is 20.3. The number of carbonyl (C=O) groups excluding carboxylic acids is 1. The number of nitrogens with zero attached hydrogens (tertiary/aromatic N) is 5. The van der Waals surface area contributed by atoms with E-state index in [-0.39, 0.29) is 36.0 Å². The Hall–Kier alpha value is -2.29. The standard InChI is InChI=1S/C19H27N5O3S/c1-4-14(3)24(17-10-11-28(26,27)13-17)18(25)12-23-21-19(20-22-23)16-8-6-15(5-2)7-9-16/h6-9,14,17H,4-5,10-13H2,1-3H3/t14-,17-/m1/s1. The number of hydrogen-bond acceptors (Lipinski definition) is 6. The number of amides is 1. The van der Waals surface area contributed by atoms with Crippen LogP contribution in [-0.2, 0) is 27.6 Å². The van der Waals surface area contributed by atoms with Crippen LogP contribution in [0.25, 0.3) is 11.4 Å². The van der Waals surface area contributed by atoms with E-state index >= 15 is 0 Å². The van der Waals surface area contributed by atoms with Gasteiger partial charge in [-0.15, -0.1) is 10.2 Å². The zero-order valence-corrected chi connectivity index (χ0v) is 17.4. The van der Waals surface area contributed by atoms with E-state index in [1.807, 2.05) is 38.1 Å². The summed E-state index contributed by atoms with van der Waals surface area (Å²) in [6.07, 6.45) is 2.19. The van der Waals surface area contributed by atoms with Gasteiger partial charge in [-0.1, -0.05) is 38.1 Å². The molecule has 152 valence electrons. The van der Waals surface area contributed by atoms with Crippen LogP contribution in [0.3, 0.4) is 0 Å². The molecule has 0 N–H and O–H groups in total. The predicted molar refractivity (Wildman–Crippen MR) is 106 cm³/mol. The topological polar surface area (TPSA) is 98.0 Å². The lowest BCUT2D eigenvalue weighted by molar-refractivity contribution is -0.136. The molecule has 1 aliphatic heterocycles. The van der Waals surface area contributed by atoms with E-state index < -0.39 is 9.84 Å². The molecule has 0 spiro atoms. The molecule has 1 amide bonds. The highest BCUT2D eigenvalue weighted by atomic mass is 32.2.